The highest BCUT2D eigenvalue weighted by atomic mass is 35.5. The number of nitrogens with one attached hydrogen (secondary N) is 1. The zero-order valence-electron chi connectivity index (χ0n) is 18.1. The predicted octanol–water partition coefficient (Wildman–Crippen LogP) is 3.30. The van der Waals surface area contributed by atoms with Crippen LogP contribution in [0.5, 0.6) is 11.5 Å². The van der Waals surface area contributed by atoms with E-state index in [0.717, 1.165) is 22.2 Å². The smallest absolute Gasteiger partial charge is 0.299 e. The van der Waals surface area contributed by atoms with Gasteiger partial charge in [-0.1, -0.05) is 23.7 Å². The van der Waals surface area contributed by atoms with Gasteiger partial charge in [0, 0.05) is 28.8 Å². The number of amides is 1. The molecule has 0 radical (unpaired) electrons. The van der Waals surface area contributed by atoms with Crippen LogP contribution in [0.25, 0.3) is 27.8 Å². The summed E-state index contributed by atoms with van der Waals surface area (Å²) in [5.74, 6) is 0.583. The van der Waals surface area contributed by atoms with Crippen LogP contribution in [0.3, 0.4) is 0 Å². The number of hydrogen-bond acceptors (Lipinski definition) is 7. The minimum absolute atomic E-state index is 0.0553. The number of fused-ring (bicyclic) bond motifs is 4. The Hall–Kier alpha value is -4.44. The van der Waals surface area contributed by atoms with E-state index in [1.54, 1.807) is 42.6 Å². The van der Waals surface area contributed by atoms with Crippen molar-refractivity contribution >= 4 is 34.2 Å². The number of pyridine rings is 1. The maximum atomic E-state index is 13.1. The van der Waals surface area contributed by atoms with Crippen molar-refractivity contribution in [1.82, 2.24) is 24.5 Å². The number of carbonyl (C=O) groups is 1. The highest BCUT2D eigenvalue weighted by molar-refractivity contribution is 6.30. The first-order valence-electron chi connectivity index (χ1n) is 10.8. The minimum atomic E-state index is -0.542. The van der Waals surface area contributed by atoms with Gasteiger partial charge in [0.05, 0.1) is 19.4 Å². The fourth-order valence-electron chi connectivity index (χ4n) is 3.92. The lowest BCUT2D eigenvalue weighted by Crippen LogP contribution is -2.33. The van der Waals surface area contributed by atoms with E-state index in [0.29, 0.717) is 46.5 Å². The third-order valence-electron chi connectivity index (χ3n) is 5.63. The number of rotatable bonds is 3. The molecule has 3 aromatic heterocycles. The zero-order valence-corrected chi connectivity index (χ0v) is 18.9. The van der Waals surface area contributed by atoms with Crippen LogP contribution in [0.1, 0.15) is 16.8 Å². The Labute approximate surface area is 202 Å². The first-order valence-corrected chi connectivity index (χ1v) is 11.2. The molecule has 1 aliphatic heterocycles. The van der Waals surface area contributed by atoms with Crippen molar-refractivity contribution in [3.8, 4) is 22.6 Å². The van der Waals surface area contributed by atoms with Gasteiger partial charge >= 0.3 is 0 Å². The summed E-state index contributed by atoms with van der Waals surface area (Å²) in [6.07, 6.45) is 3.86. The minimum Gasteiger partial charge on any atom is -0.490 e. The summed E-state index contributed by atoms with van der Waals surface area (Å²) in [6.45, 7) is 1.05. The normalized spacial score (nSPS) is 13.1. The van der Waals surface area contributed by atoms with Crippen molar-refractivity contribution < 1.29 is 14.3 Å². The van der Waals surface area contributed by atoms with Crippen molar-refractivity contribution in [3.05, 3.63) is 81.9 Å². The number of hydrogen-bond donors (Lipinski definition) is 1. The van der Waals surface area contributed by atoms with E-state index in [-0.39, 0.29) is 5.52 Å². The van der Waals surface area contributed by atoms with Gasteiger partial charge in [0.1, 0.15) is 5.52 Å². The van der Waals surface area contributed by atoms with E-state index in [4.69, 9.17) is 21.1 Å². The van der Waals surface area contributed by atoms with Crippen LogP contribution in [0.4, 0.5) is 0 Å². The SMILES string of the molecule is O=C(Nn1ccc2c(nnc3c(-c4cccc(Cl)c4)cnn32)c1=O)c1ccc2c(c1)OCCCO2. The molecule has 5 aromatic rings. The van der Waals surface area contributed by atoms with E-state index < -0.39 is 11.5 Å². The number of carbonyl (C=O) groups excluding carboxylic acids is 1. The van der Waals surface area contributed by atoms with Gasteiger partial charge in [-0.25, -0.2) is 9.19 Å². The summed E-state index contributed by atoms with van der Waals surface area (Å²) in [5.41, 5.74) is 4.91. The van der Waals surface area contributed by atoms with Gasteiger partial charge in [-0.2, -0.15) is 5.10 Å². The fraction of sp³-hybridized carbons (Fsp3) is 0.125. The summed E-state index contributed by atoms with van der Waals surface area (Å²) >= 11 is 6.12. The van der Waals surface area contributed by atoms with Crippen LogP contribution in [0.2, 0.25) is 5.02 Å². The Balaban J connectivity index is 1.34. The van der Waals surface area contributed by atoms with Gasteiger partial charge in [-0.05, 0) is 42.0 Å². The highest BCUT2D eigenvalue weighted by Crippen LogP contribution is 2.30. The van der Waals surface area contributed by atoms with Crippen LogP contribution >= 0.6 is 11.6 Å². The molecule has 4 heterocycles. The summed E-state index contributed by atoms with van der Waals surface area (Å²) in [6, 6.07) is 13.8. The third-order valence-corrected chi connectivity index (χ3v) is 5.86. The van der Waals surface area contributed by atoms with Gasteiger partial charge < -0.3 is 9.47 Å². The largest absolute Gasteiger partial charge is 0.490 e. The molecule has 0 atom stereocenters. The zero-order chi connectivity index (χ0) is 23.9. The molecule has 0 saturated heterocycles. The van der Waals surface area contributed by atoms with Crippen LogP contribution in [-0.4, -0.2) is 43.6 Å². The highest BCUT2D eigenvalue weighted by Gasteiger charge is 2.17. The summed E-state index contributed by atoms with van der Waals surface area (Å²) in [4.78, 5) is 25.9. The van der Waals surface area contributed by atoms with E-state index >= 15 is 0 Å². The van der Waals surface area contributed by atoms with E-state index in [9.17, 15) is 9.59 Å². The standard InChI is InChI=1S/C24H17ClN6O4/c25-16-4-1-3-14(11-16)17-13-26-31-18-7-8-30(24(33)21(18)27-28-22(17)31)29-23(32)15-5-6-19-20(12-15)35-10-2-9-34-19/h1,3-8,11-13H,2,9-10H2,(H,29,32). The van der Waals surface area contributed by atoms with Gasteiger partial charge in [-0.15, -0.1) is 10.2 Å². The molecule has 0 unspecified atom stereocenters. The quantitative estimate of drug-likeness (QED) is 0.414. The Morgan fingerprint density at radius 2 is 1.89 bits per heavy atom. The van der Waals surface area contributed by atoms with Crippen molar-refractivity contribution in [2.75, 3.05) is 18.6 Å². The third kappa shape index (κ3) is 3.73. The number of halogens is 1. The molecule has 0 bridgehead atoms. The molecular formula is C24H17ClN6O4. The summed E-state index contributed by atoms with van der Waals surface area (Å²) in [5, 5.41) is 13.3. The molecule has 0 aliphatic carbocycles. The molecule has 1 aliphatic rings. The lowest BCUT2D eigenvalue weighted by molar-refractivity contribution is 0.101. The maximum absolute atomic E-state index is 13.1. The summed E-state index contributed by atoms with van der Waals surface area (Å²) < 4.78 is 13.8. The second-order valence-corrected chi connectivity index (χ2v) is 8.32. The van der Waals surface area contributed by atoms with Crippen LogP contribution in [0, 0.1) is 0 Å². The molecule has 35 heavy (non-hydrogen) atoms. The predicted molar refractivity (Wildman–Crippen MR) is 129 cm³/mol. The van der Waals surface area contributed by atoms with Gasteiger partial charge in [-0.3, -0.25) is 15.0 Å². The molecule has 0 spiro atoms. The molecule has 1 amide bonds. The lowest BCUT2D eigenvalue weighted by Gasteiger charge is -2.11. The van der Waals surface area contributed by atoms with Crippen LogP contribution < -0.4 is 20.5 Å². The number of benzene rings is 2. The van der Waals surface area contributed by atoms with Crippen molar-refractivity contribution in [2.24, 2.45) is 0 Å². The molecule has 0 fully saturated rings. The average Bonchev–Trinajstić information content (AvgIpc) is 3.16. The molecule has 1 N–H and O–H groups in total. The second kappa shape index (κ2) is 8.41. The molecule has 11 heteroatoms. The van der Waals surface area contributed by atoms with Gasteiger partial charge in [0.2, 0.25) is 0 Å². The van der Waals surface area contributed by atoms with Gasteiger partial charge in [0.25, 0.3) is 11.5 Å². The van der Waals surface area contributed by atoms with E-state index in [1.165, 1.54) is 10.7 Å². The Morgan fingerprint density at radius 1 is 1.03 bits per heavy atom. The number of ether oxygens (including phenoxy) is 2. The van der Waals surface area contributed by atoms with Crippen molar-refractivity contribution in [2.45, 2.75) is 6.42 Å². The molecule has 0 saturated carbocycles. The molecule has 174 valence electrons. The fourth-order valence-corrected chi connectivity index (χ4v) is 4.11. The first-order chi connectivity index (χ1) is 17.1. The molecular weight excluding hydrogens is 472 g/mol. The van der Waals surface area contributed by atoms with Gasteiger partial charge in [0.15, 0.2) is 22.7 Å². The van der Waals surface area contributed by atoms with Crippen LogP contribution in [0.15, 0.2) is 65.7 Å². The Morgan fingerprint density at radius 3 is 2.74 bits per heavy atom. The topological polar surface area (TPSA) is 113 Å². The van der Waals surface area contributed by atoms with Crippen molar-refractivity contribution in [1.29, 1.82) is 0 Å². The van der Waals surface area contributed by atoms with Crippen LogP contribution in [-0.2, 0) is 0 Å². The molecule has 2 aromatic carbocycles. The molecule has 6 rings (SSSR count). The second-order valence-electron chi connectivity index (χ2n) is 7.88. The summed E-state index contributed by atoms with van der Waals surface area (Å²) in [7, 11) is 0. The average molecular weight is 489 g/mol. The number of aromatic nitrogens is 5. The molecule has 10 nitrogen and oxygen atoms in total. The lowest BCUT2D eigenvalue weighted by atomic mass is 10.1. The number of nitrogens with zero attached hydrogens (tertiary/aromatic N) is 5. The first kappa shape index (κ1) is 21.1. The van der Waals surface area contributed by atoms with Crippen molar-refractivity contribution in [3.63, 3.8) is 0 Å². The Kier molecular flexibility index (Phi) is 5.07. The monoisotopic (exact) mass is 488 g/mol. The van der Waals surface area contributed by atoms with E-state index in [2.05, 4.69) is 20.7 Å². The maximum Gasteiger partial charge on any atom is 0.299 e. The Bertz CT molecular complexity index is 1680. The van der Waals surface area contributed by atoms with E-state index in [1.807, 2.05) is 12.1 Å².